The van der Waals surface area contributed by atoms with Crippen LogP contribution in [0.3, 0.4) is 0 Å². The third-order valence-corrected chi connectivity index (χ3v) is 11.7. The summed E-state index contributed by atoms with van der Waals surface area (Å²) in [5.41, 5.74) is 0.305. The lowest BCUT2D eigenvalue weighted by Crippen LogP contribution is -2.36. The first kappa shape index (κ1) is 32.0. The van der Waals surface area contributed by atoms with Gasteiger partial charge in [0, 0.05) is 24.1 Å². The number of benzene rings is 1. The minimum absolute atomic E-state index is 0.0284. The van der Waals surface area contributed by atoms with Crippen LogP contribution in [0.2, 0.25) is 0 Å². The summed E-state index contributed by atoms with van der Waals surface area (Å²) in [4.78, 5) is 25.2. The molecule has 244 valence electrons. The van der Waals surface area contributed by atoms with Gasteiger partial charge in [-0.2, -0.15) is 0 Å². The summed E-state index contributed by atoms with van der Waals surface area (Å²) in [5, 5.41) is 3.78. The number of pyridine rings is 1. The van der Waals surface area contributed by atoms with Crippen molar-refractivity contribution in [2.45, 2.75) is 89.1 Å². The predicted molar refractivity (Wildman–Crippen MR) is 169 cm³/mol. The fourth-order valence-electron chi connectivity index (χ4n) is 7.31. The van der Waals surface area contributed by atoms with Crippen LogP contribution in [0.4, 0.5) is 19.0 Å². The predicted octanol–water partition coefficient (Wildman–Crippen LogP) is 6.16. The molecular weight excluding hydrogens is 603 g/mol. The molecule has 12 heteroatoms. The van der Waals surface area contributed by atoms with Gasteiger partial charge in [-0.15, -0.1) is 0 Å². The highest BCUT2D eigenvalue weighted by atomic mass is 32.2. The molecule has 2 fully saturated rings. The van der Waals surface area contributed by atoms with Crippen molar-refractivity contribution in [3.05, 3.63) is 63.5 Å². The van der Waals surface area contributed by atoms with Crippen LogP contribution in [0.15, 0.2) is 35.4 Å². The topological polar surface area (TPSA) is 97.2 Å². The summed E-state index contributed by atoms with van der Waals surface area (Å²) in [6.07, 6.45) is 6.71. The number of sulfone groups is 1. The summed E-state index contributed by atoms with van der Waals surface area (Å²) >= 11 is 0. The summed E-state index contributed by atoms with van der Waals surface area (Å²) < 4.78 is 73.1. The van der Waals surface area contributed by atoms with Gasteiger partial charge >= 0.3 is 0 Å². The highest BCUT2D eigenvalue weighted by molar-refractivity contribution is 7.91. The second-order valence-electron chi connectivity index (χ2n) is 13.1. The van der Waals surface area contributed by atoms with E-state index in [9.17, 15) is 13.2 Å². The van der Waals surface area contributed by atoms with E-state index in [0.29, 0.717) is 54.6 Å². The van der Waals surface area contributed by atoms with Gasteiger partial charge in [0.15, 0.2) is 0 Å². The number of piperidine rings is 1. The number of hydrogen-bond donors (Lipinski definition) is 1. The number of hydrogen-bond acceptors (Lipinski definition) is 7. The van der Waals surface area contributed by atoms with Crippen LogP contribution < -0.4 is 10.9 Å². The van der Waals surface area contributed by atoms with Gasteiger partial charge < -0.3 is 10.2 Å². The van der Waals surface area contributed by atoms with Crippen molar-refractivity contribution in [1.29, 1.82) is 0 Å². The summed E-state index contributed by atoms with van der Waals surface area (Å²) in [6.45, 7) is 4.59. The molecule has 4 aliphatic rings. The van der Waals surface area contributed by atoms with Crippen LogP contribution in [-0.2, 0) is 22.3 Å². The van der Waals surface area contributed by atoms with Crippen molar-refractivity contribution in [3.8, 4) is 0 Å². The SMILES string of the molecule is C[C@H]1Nc2ncnc3c2cc(C2CCS(=O)(=O)CC2)c(=O)n3CCCCCCN2CCC(CC2)CC(F)(F)c2cccc1c2F. The Kier molecular flexibility index (Phi) is 9.25. The number of rotatable bonds is 1. The molecule has 1 atom stereocenters. The highest BCUT2D eigenvalue weighted by Crippen LogP contribution is 2.41. The molecule has 45 heavy (non-hydrogen) atoms. The zero-order valence-electron chi connectivity index (χ0n) is 25.8. The van der Waals surface area contributed by atoms with Crippen molar-refractivity contribution in [2.75, 3.05) is 36.5 Å². The quantitative estimate of drug-likeness (QED) is 0.339. The largest absolute Gasteiger partial charge is 0.363 e. The molecule has 8 bridgehead atoms. The Balaban J connectivity index is 1.41. The molecule has 0 unspecified atom stereocenters. The molecule has 0 saturated carbocycles. The van der Waals surface area contributed by atoms with Crippen LogP contribution in [0.5, 0.6) is 0 Å². The van der Waals surface area contributed by atoms with Crippen LogP contribution in [0.25, 0.3) is 11.0 Å². The molecular formula is C33H42F3N5O3S. The standard InChI is InChI=1S/C33H42F3N5O3S/c1-22-25-7-6-8-28(29(25)34)33(35,36)20-23-9-15-40(16-10-23)13-4-2-3-5-14-41-31-27(30(39-22)37-21-38-31)19-26(32(41)42)24-11-17-45(43,44)18-12-24/h6-8,19,21-24H,2-5,9-18,20H2,1H3,(H,37,38,39)/t22-/m1/s1. The Morgan fingerprint density at radius 2 is 1.64 bits per heavy atom. The van der Waals surface area contributed by atoms with Gasteiger partial charge in [0.25, 0.3) is 11.5 Å². The smallest absolute Gasteiger partial charge is 0.276 e. The van der Waals surface area contributed by atoms with Gasteiger partial charge in [-0.3, -0.25) is 9.36 Å². The number of fused-ring (bicyclic) bond motifs is 9. The van der Waals surface area contributed by atoms with Crippen molar-refractivity contribution < 1.29 is 21.6 Å². The first-order valence-electron chi connectivity index (χ1n) is 16.3. The minimum Gasteiger partial charge on any atom is -0.363 e. The highest BCUT2D eigenvalue weighted by Gasteiger charge is 2.39. The van der Waals surface area contributed by atoms with E-state index in [4.69, 9.17) is 0 Å². The van der Waals surface area contributed by atoms with Gasteiger partial charge in [-0.05, 0) is 83.0 Å². The summed E-state index contributed by atoms with van der Waals surface area (Å²) in [7, 11) is -3.13. The number of alkyl halides is 2. The minimum atomic E-state index is -3.30. The maximum absolute atomic E-state index is 15.9. The van der Waals surface area contributed by atoms with Crippen molar-refractivity contribution in [3.63, 3.8) is 0 Å². The van der Waals surface area contributed by atoms with E-state index in [1.165, 1.54) is 24.5 Å². The lowest BCUT2D eigenvalue weighted by atomic mass is 9.87. The Morgan fingerprint density at radius 3 is 2.38 bits per heavy atom. The lowest BCUT2D eigenvalue weighted by Gasteiger charge is -2.34. The first-order valence-corrected chi connectivity index (χ1v) is 18.1. The van der Waals surface area contributed by atoms with E-state index in [1.54, 1.807) is 17.6 Å². The number of aromatic nitrogens is 3. The van der Waals surface area contributed by atoms with E-state index >= 15 is 13.2 Å². The van der Waals surface area contributed by atoms with Crippen LogP contribution in [0, 0.1) is 11.7 Å². The van der Waals surface area contributed by atoms with Crippen LogP contribution in [-0.4, -0.2) is 59.0 Å². The summed E-state index contributed by atoms with van der Waals surface area (Å²) in [6, 6.07) is 5.19. The molecule has 0 aliphatic carbocycles. The third-order valence-electron chi connectivity index (χ3n) is 10.0. The fourth-order valence-corrected chi connectivity index (χ4v) is 8.81. The monoisotopic (exact) mass is 645 g/mol. The Bertz CT molecular complexity index is 1690. The van der Waals surface area contributed by atoms with Gasteiger partial charge in [-0.25, -0.2) is 31.6 Å². The molecule has 3 aromatic rings. The number of anilines is 1. The molecule has 0 radical (unpaired) electrons. The van der Waals surface area contributed by atoms with Gasteiger partial charge in [0.2, 0.25) is 0 Å². The number of aryl methyl sites for hydroxylation is 1. The van der Waals surface area contributed by atoms with Crippen LogP contribution in [0.1, 0.15) is 93.4 Å². The average molecular weight is 646 g/mol. The maximum Gasteiger partial charge on any atom is 0.276 e. The number of halogens is 3. The van der Waals surface area contributed by atoms with E-state index in [0.717, 1.165) is 45.3 Å². The van der Waals surface area contributed by atoms with Gasteiger partial charge in [0.1, 0.15) is 33.4 Å². The molecule has 4 aliphatic heterocycles. The van der Waals surface area contributed by atoms with E-state index in [-0.39, 0.29) is 40.9 Å². The van der Waals surface area contributed by atoms with Crippen molar-refractivity contribution in [2.24, 2.45) is 5.92 Å². The molecule has 8 nitrogen and oxygen atoms in total. The number of nitrogens with zero attached hydrogens (tertiary/aromatic N) is 4. The van der Waals surface area contributed by atoms with Crippen molar-refractivity contribution in [1.82, 2.24) is 19.4 Å². The Morgan fingerprint density at radius 1 is 0.933 bits per heavy atom. The fraction of sp³-hybridized carbons (Fsp3) is 0.606. The average Bonchev–Trinajstić information content (AvgIpc) is 3.00. The van der Waals surface area contributed by atoms with Gasteiger partial charge in [-0.1, -0.05) is 31.0 Å². The second-order valence-corrected chi connectivity index (χ2v) is 15.4. The van der Waals surface area contributed by atoms with Crippen LogP contribution >= 0.6 is 0 Å². The zero-order valence-corrected chi connectivity index (χ0v) is 26.6. The van der Waals surface area contributed by atoms with Crippen molar-refractivity contribution >= 4 is 26.7 Å². The van der Waals surface area contributed by atoms with E-state index < -0.39 is 33.2 Å². The second kappa shape index (κ2) is 13.0. The molecule has 1 aromatic carbocycles. The maximum atomic E-state index is 15.9. The molecule has 0 amide bonds. The Hall–Kier alpha value is -2.99. The number of nitrogens with one attached hydrogen (secondary N) is 1. The third kappa shape index (κ3) is 6.91. The molecule has 2 saturated heterocycles. The summed E-state index contributed by atoms with van der Waals surface area (Å²) in [5.74, 6) is -4.20. The molecule has 7 rings (SSSR count). The van der Waals surface area contributed by atoms with E-state index in [2.05, 4.69) is 20.2 Å². The zero-order chi connectivity index (χ0) is 31.8. The lowest BCUT2D eigenvalue weighted by molar-refractivity contribution is -0.0401. The first-order chi connectivity index (χ1) is 21.5. The molecule has 0 spiro atoms. The van der Waals surface area contributed by atoms with Gasteiger partial charge in [0.05, 0.1) is 28.5 Å². The molecule has 1 N–H and O–H groups in total. The Labute approximate surface area is 262 Å². The van der Waals surface area contributed by atoms with E-state index in [1.807, 2.05) is 0 Å². The molecule has 2 aromatic heterocycles. The normalized spacial score (nSPS) is 26.3. The molecule has 6 heterocycles.